The summed E-state index contributed by atoms with van der Waals surface area (Å²) in [5.74, 6) is -3.48. The summed E-state index contributed by atoms with van der Waals surface area (Å²) in [5, 5.41) is 48.3. The van der Waals surface area contributed by atoms with Crippen LogP contribution in [0.2, 0.25) is 0 Å². The molecule has 0 unspecified atom stereocenters. The van der Waals surface area contributed by atoms with Crippen LogP contribution in [0.25, 0.3) is 0 Å². The molecule has 3 heterocycles. The molecule has 0 amide bonds. The molecule has 6 aliphatic rings. The zero-order valence-corrected chi connectivity index (χ0v) is 21.3. The molecule has 0 radical (unpaired) electrons. The van der Waals surface area contributed by atoms with E-state index in [-0.39, 0.29) is 12.8 Å². The Morgan fingerprint density at radius 2 is 1.97 bits per heavy atom. The number of esters is 2. The van der Waals surface area contributed by atoms with Gasteiger partial charge in [-0.3, -0.25) is 4.79 Å². The maximum absolute atomic E-state index is 13.1. The molecule has 6 fully saturated rings. The molecule has 1 aromatic heterocycles. The van der Waals surface area contributed by atoms with Gasteiger partial charge in [-0.05, 0) is 31.2 Å². The van der Waals surface area contributed by atoms with Crippen LogP contribution in [0.1, 0.15) is 58.1 Å². The first-order chi connectivity index (χ1) is 17.3. The van der Waals surface area contributed by atoms with Crippen molar-refractivity contribution in [1.82, 2.24) is 0 Å². The molecule has 4 N–H and O–H groups in total. The summed E-state index contributed by atoms with van der Waals surface area (Å²) in [6.07, 6.45) is -0.603. The normalized spacial score (nSPS) is 57.6. The van der Waals surface area contributed by atoms with Gasteiger partial charge in [0.1, 0.15) is 17.3 Å². The number of cyclic esters (lactones) is 1. The lowest BCUT2D eigenvalue weighted by Crippen LogP contribution is -2.85. The van der Waals surface area contributed by atoms with Crippen LogP contribution in [0.15, 0.2) is 23.0 Å². The third kappa shape index (κ3) is 2.13. The van der Waals surface area contributed by atoms with Gasteiger partial charge in [0.2, 0.25) is 0 Å². The molecule has 37 heavy (non-hydrogen) atoms. The highest BCUT2D eigenvalue weighted by Gasteiger charge is 2.96. The van der Waals surface area contributed by atoms with E-state index in [4.69, 9.17) is 18.6 Å². The summed E-state index contributed by atoms with van der Waals surface area (Å²) < 4.78 is 22.6. The molecule has 1 spiro atoms. The van der Waals surface area contributed by atoms with E-state index in [9.17, 15) is 30.0 Å². The average Bonchev–Trinajstić information content (AvgIpc) is 3.42. The first kappa shape index (κ1) is 24.1. The third-order valence-corrected chi connectivity index (χ3v) is 12.2. The second kappa shape index (κ2) is 6.59. The Bertz CT molecular complexity index is 1200. The largest absolute Gasteiger partial charge is 0.472 e. The maximum Gasteiger partial charge on any atom is 0.335 e. The van der Waals surface area contributed by atoms with Crippen molar-refractivity contribution in [3.63, 3.8) is 0 Å². The molecule has 10 nitrogen and oxygen atoms in total. The highest BCUT2D eigenvalue weighted by atomic mass is 16.6. The zero-order valence-electron chi connectivity index (χ0n) is 21.3. The van der Waals surface area contributed by atoms with Gasteiger partial charge < -0.3 is 39.1 Å². The number of carbonyl (C=O) groups is 2. The number of furan rings is 1. The molecule has 202 valence electrons. The van der Waals surface area contributed by atoms with Crippen LogP contribution in [0.4, 0.5) is 0 Å². The molecule has 1 aromatic rings. The lowest BCUT2D eigenvalue weighted by molar-refractivity contribution is -0.429. The van der Waals surface area contributed by atoms with Crippen LogP contribution < -0.4 is 0 Å². The summed E-state index contributed by atoms with van der Waals surface area (Å²) in [4.78, 5) is 25.7. The number of hydrogen-bond acceptors (Lipinski definition) is 10. The summed E-state index contributed by atoms with van der Waals surface area (Å²) in [6.45, 7) is 5.51. The highest BCUT2D eigenvalue weighted by molar-refractivity contribution is 5.76. The van der Waals surface area contributed by atoms with E-state index in [0.29, 0.717) is 18.4 Å². The van der Waals surface area contributed by atoms with Gasteiger partial charge in [0.05, 0.1) is 43.9 Å². The van der Waals surface area contributed by atoms with E-state index in [0.717, 1.165) is 0 Å². The van der Waals surface area contributed by atoms with Gasteiger partial charge in [-0.15, -0.1) is 0 Å². The van der Waals surface area contributed by atoms with Crippen LogP contribution in [0.5, 0.6) is 0 Å². The summed E-state index contributed by atoms with van der Waals surface area (Å²) in [7, 11) is 1.19. The molecule has 2 aliphatic heterocycles. The number of aliphatic hydroxyl groups excluding tert-OH is 2. The Labute approximate surface area is 213 Å². The predicted molar refractivity (Wildman–Crippen MR) is 122 cm³/mol. The van der Waals surface area contributed by atoms with E-state index in [1.54, 1.807) is 13.0 Å². The molecule has 2 bridgehead atoms. The lowest BCUT2D eigenvalue weighted by Gasteiger charge is -2.73. The lowest BCUT2D eigenvalue weighted by atomic mass is 9.42. The Morgan fingerprint density at radius 3 is 2.62 bits per heavy atom. The maximum atomic E-state index is 13.1. The van der Waals surface area contributed by atoms with Crippen molar-refractivity contribution in [2.24, 2.45) is 34.0 Å². The fourth-order valence-corrected chi connectivity index (χ4v) is 10.9. The van der Waals surface area contributed by atoms with E-state index in [1.807, 2.05) is 13.8 Å². The topological polar surface area (TPSA) is 156 Å². The number of rotatable bonds is 3. The van der Waals surface area contributed by atoms with Crippen LogP contribution in [-0.2, 0) is 23.8 Å². The first-order valence-electron chi connectivity index (χ1n) is 13.1. The van der Waals surface area contributed by atoms with E-state index >= 15 is 0 Å². The highest BCUT2D eigenvalue weighted by Crippen LogP contribution is 2.87. The van der Waals surface area contributed by atoms with E-state index < -0.39 is 87.2 Å². The van der Waals surface area contributed by atoms with E-state index in [2.05, 4.69) is 0 Å². The van der Waals surface area contributed by atoms with Crippen LogP contribution in [0, 0.1) is 34.0 Å². The summed E-state index contributed by atoms with van der Waals surface area (Å²) >= 11 is 0. The third-order valence-electron chi connectivity index (χ3n) is 12.2. The van der Waals surface area contributed by atoms with Crippen LogP contribution in [-0.4, -0.2) is 74.6 Å². The molecule has 4 aliphatic carbocycles. The van der Waals surface area contributed by atoms with Gasteiger partial charge >= 0.3 is 11.9 Å². The molecule has 2 saturated heterocycles. The monoisotopic (exact) mass is 518 g/mol. The number of methoxy groups -OCH3 is 1. The Hall–Kier alpha value is -1.98. The number of carbonyl (C=O) groups excluding carboxylic acids is 2. The fraction of sp³-hybridized carbons (Fsp3) is 0.778. The molecule has 10 heteroatoms. The molecule has 13 atom stereocenters. The summed E-state index contributed by atoms with van der Waals surface area (Å²) in [6, 6.07) is 1.71. The second-order valence-corrected chi connectivity index (χ2v) is 13.1. The predicted octanol–water partition coefficient (Wildman–Crippen LogP) is 0.854. The average molecular weight is 519 g/mol. The van der Waals surface area contributed by atoms with Crippen molar-refractivity contribution in [3.05, 3.63) is 24.2 Å². The number of hydrogen-bond donors (Lipinski definition) is 4. The quantitative estimate of drug-likeness (QED) is 0.423. The van der Waals surface area contributed by atoms with Crippen LogP contribution in [0.3, 0.4) is 0 Å². The number of ether oxygens (including phenoxy) is 3. The smallest absolute Gasteiger partial charge is 0.335 e. The van der Waals surface area contributed by atoms with Crippen molar-refractivity contribution in [2.75, 3.05) is 7.11 Å². The molecular formula is C27H34O10. The van der Waals surface area contributed by atoms with Crippen molar-refractivity contribution in [3.8, 4) is 0 Å². The van der Waals surface area contributed by atoms with Crippen molar-refractivity contribution >= 4 is 11.9 Å². The standard InChI is InChI=1S/C27H34O10/c1-22-11-25(32)18-16(19(22)30)37-27(18)13(24(25,3)17(22)15(29)21(31)34-4)5-7-23(2)20(12-6-8-35-10-12)36-14(28)9-26(23,27)33/h6,8,10,13,15-20,29-30,32-33H,5,7,9,11H2,1-4H3/t13-,15+,16+,17+,18+,19-,20+,22-,23+,24-,25+,26-,27+/m1/s1. The fourth-order valence-electron chi connectivity index (χ4n) is 10.9. The first-order valence-corrected chi connectivity index (χ1v) is 13.1. The minimum Gasteiger partial charge on any atom is -0.472 e. The van der Waals surface area contributed by atoms with Crippen molar-refractivity contribution < 1.29 is 48.6 Å². The molecular weight excluding hydrogens is 484 g/mol. The minimum atomic E-state index is -1.75. The van der Waals surface area contributed by atoms with E-state index in [1.165, 1.54) is 19.6 Å². The van der Waals surface area contributed by atoms with Crippen molar-refractivity contribution in [1.29, 1.82) is 0 Å². The molecule has 7 rings (SSSR count). The Balaban J connectivity index is 1.44. The van der Waals surface area contributed by atoms with Gasteiger partial charge in [-0.2, -0.15) is 0 Å². The van der Waals surface area contributed by atoms with Gasteiger partial charge in [0, 0.05) is 33.6 Å². The van der Waals surface area contributed by atoms with Crippen LogP contribution >= 0.6 is 0 Å². The number of fused-ring (bicyclic) bond motifs is 3. The molecule has 4 saturated carbocycles. The van der Waals surface area contributed by atoms with Crippen molar-refractivity contribution in [2.45, 2.75) is 87.7 Å². The van der Waals surface area contributed by atoms with Gasteiger partial charge in [-0.25, -0.2) is 4.79 Å². The number of aliphatic hydroxyl groups is 4. The van der Waals surface area contributed by atoms with Gasteiger partial charge in [0.25, 0.3) is 0 Å². The SMILES string of the molecule is COC(=O)[C@@H](O)[C@H]1[C@@]2(C)C[C@]3(O)[C@@H]4[C@H](O[C@@]45[C@H](CC[C@@]4(C)[C@H](c6ccoc6)OC(=O)C[C@]54O)[C@]13C)[C@H]2O. The minimum absolute atomic E-state index is 0.127. The Morgan fingerprint density at radius 1 is 1.24 bits per heavy atom. The summed E-state index contributed by atoms with van der Waals surface area (Å²) in [5.41, 5.74) is -7.10. The second-order valence-electron chi connectivity index (χ2n) is 13.1. The van der Waals surface area contributed by atoms with Gasteiger partial charge in [-0.1, -0.05) is 20.8 Å². The Kier molecular flexibility index (Phi) is 4.29. The zero-order chi connectivity index (χ0) is 26.6. The van der Waals surface area contributed by atoms with Gasteiger partial charge in [0.15, 0.2) is 6.10 Å². The molecule has 0 aromatic carbocycles.